The number of thiazole rings is 1. The minimum absolute atomic E-state index is 0.570. The van der Waals surface area contributed by atoms with Gasteiger partial charge in [0.25, 0.3) is 0 Å². The van der Waals surface area contributed by atoms with Crippen molar-refractivity contribution in [2.75, 3.05) is 6.61 Å². The third-order valence-electron chi connectivity index (χ3n) is 4.93. The standard InChI is InChI=1S/C20H23N3OS/c1-3-24-19-8-6-18(7-9-19)22-20-23(14(2)13-25-20)21-12-17-11-15-4-5-16(17)10-15/h4-9,12-13,15-17H,3,10-11H2,1-2H3. The molecule has 2 bridgehead atoms. The van der Waals surface area contributed by atoms with E-state index in [1.165, 1.54) is 12.8 Å². The smallest absolute Gasteiger partial charge is 0.211 e. The molecule has 4 rings (SSSR count). The van der Waals surface area contributed by atoms with Gasteiger partial charge in [0.2, 0.25) is 4.80 Å². The summed E-state index contributed by atoms with van der Waals surface area (Å²) in [5.41, 5.74) is 2.03. The second kappa shape index (κ2) is 7.00. The zero-order chi connectivity index (χ0) is 17.2. The molecule has 4 nitrogen and oxygen atoms in total. The average molecular weight is 353 g/mol. The zero-order valence-corrected chi connectivity index (χ0v) is 15.4. The predicted molar refractivity (Wildman–Crippen MR) is 103 cm³/mol. The first-order valence-electron chi connectivity index (χ1n) is 8.90. The van der Waals surface area contributed by atoms with Gasteiger partial charge < -0.3 is 4.74 Å². The first kappa shape index (κ1) is 16.3. The Labute approximate surface area is 152 Å². The van der Waals surface area contributed by atoms with Crippen LogP contribution in [0.4, 0.5) is 5.69 Å². The number of allylic oxidation sites excluding steroid dienone is 2. The maximum absolute atomic E-state index is 5.49. The van der Waals surface area contributed by atoms with Gasteiger partial charge in [0, 0.05) is 17.5 Å². The number of aromatic nitrogens is 1. The Morgan fingerprint density at radius 3 is 2.76 bits per heavy atom. The first-order valence-corrected chi connectivity index (χ1v) is 9.78. The van der Waals surface area contributed by atoms with Crippen molar-refractivity contribution in [3.63, 3.8) is 0 Å². The molecule has 5 heteroatoms. The van der Waals surface area contributed by atoms with Gasteiger partial charge in [-0.05, 0) is 62.8 Å². The molecule has 3 unspecified atom stereocenters. The molecule has 0 saturated heterocycles. The van der Waals surface area contributed by atoms with Crippen LogP contribution in [0.3, 0.4) is 0 Å². The number of hydrogen-bond acceptors (Lipinski definition) is 4. The van der Waals surface area contributed by atoms with Crippen LogP contribution in [0.25, 0.3) is 0 Å². The molecule has 1 fully saturated rings. The molecule has 2 aliphatic carbocycles. The van der Waals surface area contributed by atoms with Crippen LogP contribution in [0.15, 0.2) is 51.9 Å². The van der Waals surface area contributed by atoms with Gasteiger partial charge in [-0.3, -0.25) is 0 Å². The normalized spacial score (nSPS) is 25.4. The van der Waals surface area contributed by atoms with Gasteiger partial charge in [0.15, 0.2) is 0 Å². The number of hydrogen-bond donors (Lipinski definition) is 0. The molecule has 0 spiro atoms. The van der Waals surface area contributed by atoms with Crippen molar-refractivity contribution in [2.24, 2.45) is 27.8 Å². The Bertz CT molecular complexity index is 860. The third-order valence-corrected chi connectivity index (χ3v) is 5.86. The van der Waals surface area contributed by atoms with Crippen molar-refractivity contribution < 1.29 is 4.74 Å². The fourth-order valence-corrected chi connectivity index (χ4v) is 4.47. The third kappa shape index (κ3) is 3.47. The monoisotopic (exact) mass is 353 g/mol. The van der Waals surface area contributed by atoms with Crippen LogP contribution >= 0.6 is 11.3 Å². The molecular formula is C20H23N3OS. The van der Waals surface area contributed by atoms with Crippen LogP contribution in [0.2, 0.25) is 0 Å². The van der Waals surface area contributed by atoms with E-state index in [1.54, 1.807) is 11.3 Å². The summed E-state index contributed by atoms with van der Waals surface area (Å²) in [6.45, 7) is 4.73. The van der Waals surface area contributed by atoms with E-state index < -0.39 is 0 Å². The summed E-state index contributed by atoms with van der Waals surface area (Å²) in [4.78, 5) is 5.65. The van der Waals surface area contributed by atoms with Crippen LogP contribution in [0, 0.1) is 24.7 Å². The molecule has 2 aromatic rings. The lowest BCUT2D eigenvalue weighted by Crippen LogP contribution is -2.15. The summed E-state index contributed by atoms with van der Waals surface area (Å²) in [5.74, 6) is 2.89. The maximum atomic E-state index is 5.49. The summed E-state index contributed by atoms with van der Waals surface area (Å²) in [6.07, 6.45) is 9.39. The Kier molecular flexibility index (Phi) is 4.57. The number of fused-ring (bicyclic) bond motifs is 2. The molecular weight excluding hydrogens is 330 g/mol. The van der Waals surface area contributed by atoms with Crippen molar-refractivity contribution in [3.05, 3.63) is 52.3 Å². The van der Waals surface area contributed by atoms with Crippen LogP contribution in [0.1, 0.15) is 25.5 Å². The maximum Gasteiger partial charge on any atom is 0.211 e. The molecule has 130 valence electrons. The van der Waals surface area contributed by atoms with Crippen LogP contribution in [-0.2, 0) is 0 Å². The lowest BCUT2D eigenvalue weighted by Gasteiger charge is -2.12. The summed E-state index contributed by atoms with van der Waals surface area (Å²) >= 11 is 1.62. The summed E-state index contributed by atoms with van der Waals surface area (Å²) < 4.78 is 7.44. The van der Waals surface area contributed by atoms with Crippen LogP contribution in [-0.4, -0.2) is 17.5 Å². The Morgan fingerprint density at radius 1 is 1.24 bits per heavy atom. The average Bonchev–Trinajstić information content (AvgIpc) is 3.32. The molecule has 0 N–H and O–H groups in total. The van der Waals surface area contributed by atoms with Gasteiger partial charge >= 0.3 is 0 Å². The Morgan fingerprint density at radius 2 is 2.08 bits per heavy atom. The highest BCUT2D eigenvalue weighted by molar-refractivity contribution is 7.07. The quantitative estimate of drug-likeness (QED) is 0.575. The highest BCUT2D eigenvalue weighted by atomic mass is 32.1. The molecule has 0 amide bonds. The number of rotatable bonds is 5. The molecule has 3 atom stereocenters. The molecule has 0 aliphatic heterocycles. The van der Waals surface area contributed by atoms with Crippen molar-refractivity contribution >= 4 is 23.2 Å². The van der Waals surface area contributed by atoms with E-state index in [2.05, 4.69) is 30.7 Å². The molecule has 1 aromatic carbocycles. The largest absolute Gasteiger partial charge is 0.494 e. The Hall–Kier alpha value is -2.14. The van der Waals surface area contributed by atoms with E-state index in [1.807, 2.05) is 35.9 Å². The molecule has 1 heterocycles. The second-order valence-corrected chi connectivity index (χ2v) is 7.56. The minimum atomic E-state index is 0.570. The summed E-state index contributed by atoms with van der Waals surface area (Å²) in [7, 11) is 0. The fraction of sp³-hybridized carbons (Fsp3) is 0.400. The molecule has 1 saturated carbocycles. The topological polar surface area (TPSA) is 38.9 Å². The highest BCUT2D eigenvalue weighted by Gasteiger charge is 2.34. The van der Waals surface area contributed by atoms with Crippen molar-refractivity contribution in [2.45, 2.75) is 26.7 Å². The van der Waals surface area contributed by atoms with Gasteiger partial charge in [0.05, 0.1) is 18.0 Å². The SMILES string of the molecule is CCOc1ccc(N=c2scc(C)n2N=CC2CC3C=CC2C3)cc1. The lowest BCUT2D eigenvalue weighted by atomic mass is 9.95. The lowest BCUT2D eigenvalue weighted by molar-refractivity contribution is 0.340. The van der Waals surface area contributed by atoms with Crippen molar-refractivity contribution in [1.82, 2.24) is 4.68 Å². The van der Waals surface area contributed by atoms with Gasteiger partial charge in [-0.25, -0.2) is 9.67 Å². The number of aryl methyl sites for hydroxylation is 1. The van der Waals surface area contributed by atoms with Gasteiger partial charge in [-0.1, -0.05) is 12.2 Å². The fourth-order valence-electron chi connectivity index (χ4n) is 3.64. The predicted octanol–water partition coefficient (Wildman–Crippen LogP) is 4.54. The Balaban J connectivity index is 1.57. The molecule has 0 radical (unpaired) electrons. The van der Waals surface area contributed by atoms with Crippen molar-refractivity contribution in [3.8, 4) is 5.75 Å². The summed E-state index contributed by atoms with van der Waals surface area (Å²) in [5, 5.41) is 6.86. The summed E-state index contributed by atoms with van der Waals surface area (Å²) in [6, 6.07) is 7.87. The zero-order valence-electron chi connectivity index (χ0n) is 14.6. The number of ether oxygens (including phenoxy) is 1. The molecule has 25 heavy (non-hydrogen) atoms. The van der Waals surface area contributed by atoms with Crippen molar-refractivity contribution in [1.29, 1.82) is 0 Å². The number of benzene rings is 1. The van der Waals surface area contributed by atoms with Gasteiger partial charge in [0.1, 0.15) is 5.75 Å². The first-order chi connectivity index (χ1) is 12.2. The van der Waals surface area contributed by atoms with Crippen LogP contribution in [0.5, 0.6) is 5.75 Å². The van der Waals surface area contributed by atoms with E-state index in [4.69, 9.17) is 14.8 Å². The molecule has 1 aromatic heterocycles. The van der Waals surface area contributed by atoms with E-state index in [0.717, 1.165) is 27.9 Å². The van der Waals surface area contributed by atoms with Gasteiger partial charge in [-0.15, -0.1) is 11.3 Å². The van der Waals surface area contributed by atoms with E-state index in [0.29, 0.717) is 18.4 Å². The number of nitrogens with zero attached hydrogens (tertiary/aromatic N) is 3. The highest BCUT2D eigenvalue weighted by Crippen LogP contribution is 2.42. The van der Waals surface area contributed by atoms with Gasteiger partial charge in [-0.2, -0.15) is 5.10 Å². The van der Waals surface area contributed by atoms with E-state index >= 15 is 0 Å². The molecule has 2 aliphatic rings. The second-order valence-electron chi connectivity index (χ2n) is 6.72. The van der Waals surface area contributed by atoms with Crippen LogP contribution < -0.4 is 9.54 Å². The van der Waals surface area contributed by atoms with E-state index in [-0.39, 0.29) is 0 Å². The minimum Gasteiger partial charge on any atom is -0.494 e. The van der Waals surface area contributed by atoms with E-state index in [9.17, 15) is 0 Å².